The predicted octanol–water partition coefficient (Wildman–Crippen LogP) is 3.96. The van der Waals surface area contributed by atoms with Crippen molar-refractivity contribution in [2.75, 3.05) is 7.11 Å². The molecule has 0 unspecified atom stereocenters. The van der Waals surface area contributed by atoms with Crippen LogP contribution in [0.2, 0.25) is 0 Å². The molecule has 0 saturated carbocycles. The van der Waals surface area contributed by atoms with Crippen LogP contribution in [-0.4, -0.2) is 27.0 Å². The fourth-order valence-electron chi connectivity index (χ4n) is 2.62. The average Bonchev–Trinajstić information content (AvgIpc) is 3.38. The van der Waals surface area contributed by atoms with Crippen LogP contribution in [0.3, 0.4) is 0 Å². The number of aromatic hydroxyl groups is 1. The van der Waals surface area contributed by atoms with Crippen molar-refractivity contribution in [1.82, 2.24) is 14.8 Å². The first-order chi connectivity index (χ1) is 13.7. The number of nitrogens with zero attached hydrogens (tertiary/aromatic N) is 3. The quantitative estimate of drug-likeness (QED) is 0.479. The molecule has 142 valence electrons. The maximum absolute atomic E-state index is 11.6. The van der Waals surface area contributed by atoms with Crippen molar-refractivity contribution in [3.8, 4) is 27.9 Å². The van der Waals surface area contributed by atoms with Gasteiger partial charge in [-0.1, -0.05) is 30.0 Å². The van der Waals surface area contributed by atoms with Crippen LogP contribution in [0.15, 0.2) is 68.5 Å². The number of thiophene rings is 1. The number of benzene rings is 1. The van der Waals surface area contributed by atoms with Crippen molar-refractivity contribution < 1.29 is 14.3 Å². The van der Waals surface area contributed by atoms with Gasteiger partial charge in [0.25, 0.3) is 0 Å². The SMILES string of the molecule is COc1ccccc1-n1c(SCc2cc(=O)c(O)co2)nnc1-c1cccs1. The Morgan fingerprint density at radius 3 is 2.86 bits per heavy atom. The summed E-state index contributed by atoms with van der Waals surface area (Å²) in [5, 5.41) is 20.7. The van der Waals surface area contributed by atoms with Gasteiger partial charge in [0.05, 0.1) is 23.4 Å². The third-order valence-corrected chi connectivity index (χ3v) is 5.73. The molecule has 3 aromatic heterocycles. The minimum Gasteiger partial charge on any atom is -0.502 e. The van der Waals surface area contributed by atoms with Crippen LogP contribution in [0.1, 0.15) is 5.76 Å². The molecule has 1 N–H and O–H groups in total. The highest BCUT2D eigenvalue weighted by molar-refractivity contribution is 7.98. The van der Waals surface area contributed by atoms with E-state index in [1.807, 2.05) is 46.3 Å². The summed E-state index contributed by atoms with van der Waals surface area (Å²) in [5.41, 5.74) is 0.334. The zero-order valence-corrected chi connectivity index (χ0v) is 16.4. The second-order valence-electron chi connectivity index (χ2n) is 5.68. The predicted molar refractivity (Wildman–Crippen MR) is 107 cm³/mol. The Labute approximate surface area is 168 Å². The standard InChI is InChI=1S/C19H15N3O4S2/c1-25-16-6-3-2-5-13(16)22-18(17-7-4-8-27-17)20-21-19(22)28-11-12-9-14(23)15(24)10-26-12/h2-10,24H,11H2,1H3. The highest BCUT2D eigenvalue weighted by Gasteiger charge is 2.19. The van der Waals surface area contributed by atoms with Gasteiger partial charge in [-0.2, -0.15) is 0 Å². The Balaban J connectivity index is 1.75. The van der Waals surface area contributed by atoms with E-state index in [0.29, 0.717) is 28.2 Å². The van der Waals surface area contributed by atoms with E-state index < -0.39 is 11.2 Å². The van der Waals surface area contributed by atoms with Crippen LogP contribution < -0.4 is 10.2 Å². The summed E-state index contributed by atoms with van der Waals surface area (Å²) in [7, 11) is 1.62. The molecule has 4 rings (SSSR count). The van der Waals surface area contributed by atoms with E-state index in [0.717, 1.165) is 16.8 Å². The Morgan fingerprint density at radius 2 is 2.11 bits per heavy atom. The molecule has 0 aliphatic rings. The lowest BCUT2D eigenvalue weighted by atomic mass is 10.3. The molecule has 3 heterocycles. The van der Waals surface area contributed by atoms with E-state index in [1.165, 1.54) is 17.8 Å². The second-order valence-corrected chi connectivity index (χ2v) is 7.57. The van der Waals surface area contributed by atoms with Gasteiger partial charge < -0.3 is 14.3 Å². The summed E-state index contributed by atoms with van der Waals surface area (Å²) in [4.78, 5) is 12.6. The van der Waals surface area contributed by atoms with E-state index in [4.69, 9.17) is 9.15 Å². The summed E-state index contributed by atoms with van der Waals surface area (Å²) in [6.45, 7) is 0. The molecule has 0 saturated heterocycles. The van der Waals surface area contributed by atoms with Gasteiger partial charge in [-0.15, -0.1) is 21.5 Å². The summed E-state index contributed by atoms with van der Waals surface area (Å²) in [5.74, 6) is 1.77. The molecule has 0 fully saturated rings. The minimum atomic E-state index is -0.479. The van der Waals surface area contributed by atoms with Crippen LogP contribution in [-0.2, 0) is 5.75 Å². The Kier molecular flexibility index (Phi) is 5.18. The Hall–Kier alpha value is -3.04. The molecule has 0 spiro atoms. The first kappa shape index (κ1) is 18.3. The molecule has 0 amide bonds. The van der Waals surface area contributed by atoms with E-state index >= 15 is 0 Å². The maximum atomic E-state index is 11.6. The third kappa shape index (κ3) is 3.54. The largest absolute Gasteiger partial charge is 0.502 e. The topological polar surface area (TPSA) is 90.4 Å². The van der Waals surface area contributed by atoms with Gasteiger partial charge in [-0.25, -0.2) is 0 Å². The van der Waals surface area contributed by atoms with E-state index in [-0.39, 0.29) is 0 Å². The Bertz CT molecular complexity index is 1150. The number of para-hydroxylation sites is 2. The minimum absolute atomic E-state index is 0.354. The highest BCUT2D eigenvalue weighted by atomic mass is 32.2. The molecule has 0 radical (unpaired) electrons. The number of ether oxygens (including phenoxy) is 1. The highest BCUT2D eigenvalue weighted by Crippen LogP contribution is 2.34. The zero-order valence-electron chi connectivity index (χ0n) is 14.7. The third-order valence-electron chi connectivity index (χ3n) is 3.91. The van der Waals surface area contributed by atoms with Gasteiger partial charge in [0.2, 0.25) is 5.43 Å². The molecule has 9 heteroatoms. The lowest BCUT2D eigenvalue weighted by molar-refractivity contribution is 0.412. The van der Waals surface area contributed by atoms with Crippen LogP contribution >= 0.6 is 23.1 Å². The Morgan fingerprint density at radius 1 is 1.25 bits per heavy atom. The fraction of sp³-hybridized carbons (Fsp3) is 0.105. The monoisotopic (exact) mass is 413 g/mol. The summed E-state index contributed by atoms with van der Waals surface area (Å²) in [6, 6.07) is 12.8. The van der Waals surface area contributed by atoms with Crippen molar-refractivity contribution in [2.45, 2.75) is 10.9 Å². The molecule has 0 atom stereocenters. The molecule has 0 bridgehead atoms. The molecule has 28 heavy (non-hydrogen) atoms. The molecule has 4 aromatic rings. The van der Waals surface area contributed by atoms with Gasteiger partial charge in [0.1, 0.15) is 17.8 Å². The zero-order chi connectivity index (χ0) is 19.5. The van der Waals surface area contributed by atoms with Gasteiger partial charge >= 0.3 is 0 Å². The lowest BCUT2D eigenvalue weighted by Crippen LogP contribution is -2.02. The average molecular weight is 413 g/mol. The molecular weight excluding hydrogens is 398 g/mol. The van der Waals surface area contributed by atoms with Gasteiger partial charge in [0, 0.05) is 6.07 Å². The molecule has 1 aromatic carbocycles. The summed E-state index contributed by atoms with van der Waals surface area (Å²) < 4.78 is 12.7. The molecule has 0 aliphatic heterocycles. The number of rotatable bonds is 6. The van der Waals surface area contributed by atoms with Gasteiger partial charge in [-0.3, -0.25) is 9.36 Å². The van der Waals surface area contributed by atoms with Crippen LogP contribution in [0.5, 0.6) is 11.5 Å². The van der Waals surface area contributed by atoms with Gasteiger partial charge in [-0.05, 0) is 23.6 Å². The smallest absolute Gasteiger partial charge is 0.226 e. The van der Waals surface area contributed by atoms with Crippen molar-refractivity contribution in [1.29, 1.82) is 0 Å². The van der Waals surface area contributed by atoms with Crippen LogP contribution in [0.25, 0.3) is 16.4 Å². The second kappa shape index (κ2) is 7.91. The lowest BCUT2D eigenvalue weighted by Gasteiger charge is -2.13. The van der Waals surface area contributed by atoms with Crippen LogP contribution in [0.4, 0.5) is 0 Å². The van der Waals surface area contributed by atoms with E-state index in [1.54, 1.807) is 18.4 Å². The summed E-state index contributed by atoms with van der Waals surface area (Å²) in [6.07, 6.45) is 1.04. The molecular formula is C19H15N3O4S2. The normalized spacial score (nSPS) is 10.9. The number of methoxy groups -OCH3 is 1. The van der Waals surface area contributed by atoms with Crippen LogP contribution in [0, 0.1) is 0 Å². The molecule has 7 nitrogen and oxygen atoms in total. The number of hydrogen-bond donors (Lipinski definition) is 1. The van der Waals surface area contributed by atoms with E-state index in [9.17, 15) is 9.90 Å². The van der Waals surface area contributed by atoms with Crippen molar-refractivity contribution in [3.63, 3.8) is 0 Å². The first-order valence-corrected chi connectivity index (χ1v) is 10.1. The van der Waals surface area contributed by atoms with Crippen molar-refractivity contribution in [3.05, 3.63) is 70.1 Å². The summed E-state index contributed by atoms with van der Waals surface area (Å²) >= 11 is 2.94. The number of hydrogen-bond acceptors (Lipinski definition) is 8. The maximum Gasteiger partial charge on any atom is 0.226 e. The fourth-order valence-corrected chi connectivity index (χ4v) is 4.15. The first-order valence-electron chi connectivity index (χ1n) is 8.23. The van der Waals surface area contributed by atoms with Crippen molar-refractivity contribution >= 4 is 23.1 Å². The van der Waals surface area contributed by atoms with Crippen molar-refractivity contribution in [2.24, 2.45) is 0 Å². The van der Waals surface area contributed by atoms with Gasteiger partial charge in [0.15, 0.2) is 16.7 Å². The number of aromatic nitrogens is 3. The van der Waals surface area contributed by atoms with E-state index in [2.05, 4.69) is 10.2 Å². The number of thioether (sulfide) groups is 1. The molecule has 0 aliphatic carbocycles.